The van der Waals surface area contributed by atoms with E-state index in [1.807, 2.05) is 30.3 Å². The van der Waals surface area contributed by atoms with Crippen molar-refractivity contribution in [1.82, 2.24) is 9.80 Å². The number of nitrogens with zero attached hydrogens (tertiary/aromatic N) is 2. The predicted molar refractivity (Wildman–Crippen MR) is 99.1 cm³/mol. The van der Waals surface area contributed by atoms with Crippen molar-refractivity contribution in [2.45, 2.75) is 25.4 Å². The number of benzene rings is 2. The molecule has 4 aliphatic rings. The molecule has 128 valence electrons. The first-order valence-electron chi connectivity index (χ1n) is 9.21. The summed E-state index contributed by atoms with van der Waals surface area (Å²) in [6.45, 7) is 4.22. The molecule has 0 aromatic heterocycles. The van der Waals surface area contributed by atoms with Gasteiger partial charge in [0.15, 0.2) is 0 Å². The Morgan fingerprint density at radius 2 is 1.80 bits per heavy atom. The zero-order valence-corrected chi connectivity index (χ0v) is 14.3. The molecular weight excluding hydrogens is 310 g/mol. The van der Waals surface area contributed by atoms with Crippen LogP contribution >= 0.6 is 0 Å². The van der Waals surface area contributed by atoms with E-state index in [0.29, 0.717) is 12.0 Å². The number of amides is 1. The fourth-order valence-corrected chi connectivity index (χ4v) is 4.78. The number of hydrogen-bond acceptors (Lipinski definition) is 3. The highest BCUT2D eigenvalue weighted by molar-refractivity contribution is 5.99. The van der Waals surface area contributed by atoms with Gasteiger partial charge in [-0.1, -0.05) is 24.3 Å². The van der Waals surface area contributed by atoms with E-state index in [1.54, 1.807) is 0 Å². The molecule has 2 aromatic carbocycles. The largest absolute Gasteiger partial charge is 0.399 e. The Bertz CT molecular complexity index is 839. The van der Waals surface area contributed by atoms with E-state index in [0.717, 1.165) is 41.0 Å². The number of hydrogen-bond donors (Lipinski definition) is 1. The van der Waals surface area contributed by atoms with Gasteiger partial charge in [-0.15, -0.1) is 0 Å². The van der Waals surface area contributed by atoms with Crippen molar-refractivity contribution in [3.63, 3.8) is 0 Å². The van der Waals surface area contributed by atoms with E-state index >= 15 is 0 Å². The first-order chi connectivity index (χ1) is 12.2. The van der Waals surface area contributed by atoms with Gasteiger partial charge < -0.3 is 15.5 Å². The molecule has 1 amide bonds. The highest BCUT2D eigenvalue weighted by atomic mass is 16.2. The standard InChI is InChI=1S/C21H23N3O/c22-18-3-1-2-15(10-18)16-4-5-17-12-24(21(25)19(17)11-16)20-13-23-8-6-14(20)7-9-23/h1-5,10-11,14,20H,6-9,12-13,22H2. The van der Waals surface area contributed by atoms with Crippen molar-refractivity contribution >= 4 is 11.6 Å². The van der Waals surface area contributed by atoms with Crippen LogP contribution in [0.25, 0.3) is 11.1 Å². The topological polar surface area (TPSA) is 49.6 Å². The average molecular weight is 333 g/mol. The van der Waals surface area contributed by atoms with Gasteiger partial charge in [0.1, 0.15) is 0 Å². The van der Waals surface area contributed by atoms with E-state index in [2.05, 4.69) is 21.9 Å². The van der Waals surface area contributed by atoms with Crippen LogP contribution in [0.5, 0.6) is 0 Å². The highest BCUT2D eigenvalue weighted by Crippen LogP contribution is 2.36. The molecule has 0 radical (unpaired) electrons. The molecule has 6 rings (SSSR count). The van der Waals surface area contributed by atoms with E-state index in [9.17, 15) is 4.79 Å². The second kappa shape index (κ2) is 5.60. The minimum Gasteiger partial charge on any atom is -0.399 e. The maximum Gasteiger partial charge on any atom is 0.254 e. The second-order valence-electron chi connectivity index (χ2n) is 7.64. The SMILES string of the molecule is Nc1cccc(-c2ccc3c(c2)C(=O)N(C2CN4CCC2CC4)C3)c1. The maximum atomic E-state index is 13.1. The normalized spacial score (nSPS) is 27.6. The number of anilines is 1. The summed E-state index contributed by atoms with van der Waals surface area (Å²) in [5.41, 5.74) is 10.8. The fraction of sp³-hybridized carbons (Fsp3) is 0.381. The third-order valence-corrected chi connectivity index (χ3v) is 6.18. The van der Waals surface area contributed by atoms with Crippen LogP contribution in [-0.4, -0.2) is 41.4 Å². The first-order valence-corrected chi connectivity index (χ1v) is 9.21. The molecular formula is C21H23N3O. The van der Waals surface area contributed by atoms with Crippen LogP contribution in [0, 0.1) is 5.92 Å². The Kier molecular flexibility index (Phi) is 3.35. The predicted octanol–water partition coefficient (Wildman–Crippen LogP) is 2.99. The molecule has 4 heteroatoms. The molecule has 25 heavy (non-hydrogen) atoms. The van der Waals surface area contributed by atoms with Crippen LogP contribution < -0.4 is 5.73 Å². The quantitative estimate of drug-likeness (QED) is 0.860. The zero-order chi connectivity index (χ0) is 17.0. The smallest absolute Gasteiger partial charge is 0.254 e. The first kappa shape index (κ1) is 15.0. The number of carbonyl (C=O) groups excluding carboxylic acids is 1. The lowest BCUT2D eigenvalue weighted by Crippen LogP contribution is -2.57. The summed E-state index contributed by atoms with van der Waals surface area (Å²) < 4.78 is 0. The monoisotopic (exact) mass is 333 g/mol. The average Bonchev–Trinajstić information content (AvgIpc) is 2.99. The van der Waals surface area contributed by atoms with Crippen LogP contribution in [0.3, 0.4) is 0 Å². The van der Waals surface area contributed by atoms with E-state index < -0.39 is 0 Å². The fourth-order valence-electron chi connectivity index (χ4n) is 4.78. The Morgan fingerprint density at radius 1 is 1.00 bits per heavy atom. The van der Waals surface area contributed by atoms with Gasteiger partial charge in [-0.3, -0.25) is 4.79 Å². The molecule has 1 unspecified atom stereocenters. The molecule has 2 N–H and O–H groups in total. The number of nitrogen functional groups attached to an aromatic ring is 1. The van der Waals surface area contributed by atoms with Crippen molar-refractivity contribution in [2.75, 3.05) is 25.4 Å². The van der Waals surface area contributed by atoms with Crippen LogP contribution in [0.2, 0.25) is 0 Å². The molecule has 3 saturated heterocycles. The summed E-state index contributed by atoms with van der Waals surface area (Å²) in [5.74, 6) is 0.885. The Labute approximate surface area is 148 Å². The minimum absolute atomic E-state index is 0.208. The van der Waals surface area contributed by atoms with Gasteiger partial charge in [0, 0.05) is 30.4 Å². The lowest BCUT2D eigenvalue weighted by molar-refractivity contribution is 0.00846. The summed E-state index contributed by atoms with van der Waals surface area (Å²) in [6, 6.07) is 14.5. The van der Waals surface area contributed by atoms with Crippen molar-refractivity contribution in [3.8, 4) is 11.1 Å². The van der Waals surface area contributed by atoms with Crippen LogP contribution in [0.1, 0.15) is 28.8 Å². The van der Waals surface area contributed by atoms with E-state index in [4.69, 9.17) is 5.73 Å². The van der Waals surface area contributed by atoms with E-state index in [1.165, 1.54) is 25.9 Å². The molecule has 0 saturated carbocycles. The van der Waals surface area contributed by atoms with Gasteiger partial charge in [-0.05, 0) is 66.7 Å². The van der Waals surface area contributed by atoms with Gasteiger partial charge in [0.25, 0.3) is 5.91 Å². The summed E-state index contributed by atoms with van der Waals surface area (Å²) in [7, 11) is 0. The Hall–Kier alpha value is -2.33. The Morgan fingerprint density at radius 3 is 2.52 bits per heavy atom. The number of rotatable bonds is 2. The Balaban J connectivity index is 1.45. The second-order valence-corrected chi connectivity index (χ2v) is 7.64. The summed E-state index contributed by atoms with van der Waals surface area (Å²) in [5, 5.41) is 0. The third kappa shape index (κ3) is 2.44. The summed E-state index contributed by atoms with van der Waals surface area (Å²) >= 11 is 0. The van der Waals surface area contributed by atoms with Crippen molar-refractivity contribution in [3.05, 3.63) is 53.6 Å². The van der Waals surface area contributed by atoms with Crippen LogP contribution in [-0.2, 0) is 6.54 Å². The molecule has 4 nitrogen and oxygen atoms in total. The zero-order valence-electron chi connectivity index (χ0n) is 14.3. The van der Waals surface area contributed by atoms with Gasteiger partial charge in [-0.2, -0.15) is 0 Å². The van der Waals surface area contributed by atoms with Crippen molar-refractivity contribution in [1.29, 1.82) is 0 Å². The molecule has 2 bridgehead atoms. The van der Waals surface area contributed by atoms with Crippen LogP contribution in [0.15, 0.2) is 42.5 Å². The van der Waals surface area contributed by atoms with Crippen LogP contribution in [0.4, 0.5) is 5.69 Å². The van der Waals surface area contributed by atoms with Gasteiger partial charge in [0.05, 0.1) is 0 Å². The molecule has 4 heterocycles. The third-order valence-electron chi connectivity index (χ3n) is 6.18. The van der Waals surface area contributed by atoms with Gasteiger partial charge >= 0.3 is 0 Å². The maximum absolute atomic E-state index is 13.1. The minimum atomic E-state index is 0.208. The summed E-state index contributed by atoms with van der Waals surface area (Å²) in [4.78, 5) is 17.7. The number of fused-ring (bicyclic) bond motifs is 4. The number of nitrogens with two attached hydrogens (primary N) is 1. The lowest BCUT2D eigenvalue weighted by Gasteiger charge is -2.48. The number of carbonyl (C=O) groups is 1. The van der Waals surface area contributed by atoms with Gasteiger partial charge in [0.2, 0.25) is 0 Å². The van der Waals surface area contributed by atoms with E-state index in [-0.39, 0.29) is 5.91 Å². The molecule has 2 aromatic rings. The summed E-state index contributed by atoms with van der Waals surface area (Å²) in [6.07, 6.45) is 2.47. The van der Waals surface area contributed by atoms with Crippen molar-refractivity contribution < 1.29 is 4.79 Å². The molecule has 0 spiro atoms. The molecule has 1 atom stereocenters. The highest BCUT2D eigenvalue weighted by Gasteiger charge is 2.42. The lowest BCUT2D eigenvalue weighted by atomic mass is 9.83. The van der Waals surface area contributed by atoms with Gasteiger partial charge in [-0.25, -0.2) is 0 Å². The number of piperidine rings is 3. The van der Waals surface area contributed by atoms with Crippen molar-refractivity contribution in [2.24, 2.45) is 5.92 Å². The molecule has 0 aliphatic carbocycles. The molecule has 3 fully saturated rings. The molecule has 4 aliphatic heterocycles.